The number of amides is 3. The van der Waals surface area contributed by atoms with Crippen molar-refractivity contribution in [3.8, 4) is 11.8 Å². The van der Waals surface area contributed by atoms with Gasteiger partial charge in [-0.1, -0.05) is 6.07 Å². The third-order valence-electron chi connectivity index (χ3n) is 7.81. The molecule has 196 valence electrons. The number of hydrogen-bond acceptors (Lipinski definition) is 5. The Morgan fingerprint density at radius 3 is 2.81 bits per heavy atom. The van der Waals surface area contributed by atoms with Crippen LogP contribution in [-0.4, -0.2) is 65.8 Å². The molecule has 3 atom stereocenters. The van der Waals surface area contributed by atoms with Crippen LogP contribution in [0.5, 0.6) is 5.75 Å². The van der Waals surface area contributed by atoms with E-state index < -0.39 is 54.0 Å². The number of nitriles is 1. The van der Waals surface area contributed by atoms with Gasteiger partial charge in [-0.3, -0.25) is 14.4 Å². The molecule has 5 rings (SSSR count). The Morgan fingerprint density at radius 1 is 1.35 bits per heavy atom. The maximum Gasteiger partial charge on any atom is 0.271 e. The summed E-state index contributed by atoms with van der Waals surface area (Å²) >= 11 is 0. The van der Waals surface area contributed by atoms with Crippen LogP contribution in [0.25, 0.3) is 10.9 Å². The van der Waals surface area contributed by atoms with E-state index in [2.05, 4.69) is 15.6 Å². The molecule has 1 aliphatic carbocycles. The summed E-state index contributed by atoms with van der Waals surface area (Å²) in [7, 11) is 1.52. The quantitative estimate of drug-likeness (QED) is 0.548. The van der Waals surface area contributed by atoms with E-state index in [1.54, 1.807) is 24.3 Å². The molecule has 3 fully saturated rings. The van der Waals surface area contributed by atoms with Crippen LogP contribution in [-0.2, 0) is 9.59 Å². The highest BCUT2D eigenvalue weighted by atomic mass is 19.3. The molecule has 9 nitrogen and oxygen atoms in total. The van der Waals surface area contributed by atoms with Crippen molar-refractivity contribution in [3.05, 3.63) is 30.0 Å². The molecule has 1 aromatic heterocycles. The van der Waals surface area contributed by atoms with Gasteiger partial charge in [0.2, 0.25) is 17.7 Å². The van der Waals surface area contributed by atoms with Gasteiger partial charge in [-0.05, 0) is 43.9 Å². The topological polar surface area (TPSA) is 127 Å². The second kappa shape index (κ2) is 9.32. The van der Waals surface area contributed by atoms with Gasteiger partial charge in [-0.2, -0.15) is 5.26 Å². The van der Waals surface area contributed by atoms with E-state index in [4.69, 9.17) is 4.74 Å². The Labute approximate surface area is 212 Å². The number of nitrogens with one attached hydrogen (secondary N) is 3. The molecule has 3 heterocycles. The Kier molecular flexibility index (Phi) is 6.30. The van der Waals surface area contributed by atoms with Crippen molar-refractivity contribution in [2.75, 3.05) is 20.2 Å². The predicted octanol–water partition coefficient (Wildman–Crippen LogP) is 2.73. The Bertz CT molecular complexity index is 1280. The van der Waals surface area contributed by atoms with Crippen molar-refractivity contribution < 1.29 is 27.9 Å². The number of nitrogens with zero attached hydrogens (tertiary/aromatic N) is 2. The number of aromatic amines is 1. The molecule has 3 amide bonds. The lowest BCUT2D eigenvalue weighted by molar-refractivity contribution is -0.155. The zero-order valence-electron chi connectivity index (χ0n) is 20.5. The monoisotopic (exact) mass is 513 g/mol. The number of rotatable bonds is 6. The fraction of sp³-hybridized carbons (Fsp3) is 0.538. The van der Waals surface area contributed by atoms with E-state index in [9.17, 15) is 28.4 Å². The first-order chi connectivity index (χ1) is 17.6. The number of likely N-dealkylation sites (tertiary alicyclic amines) is 1. The summed E-state index contributed by atoms with van der Waals surface area (Å²) in [4.78, 5) is 43.5. The number of piperidine rings is 1. The van der Waals surface area contributed by atoms with Crippen molar-refractivity contribution in [1.82, 2.24) is 20.5 Å². The van der Waals surface area contributed by atoms with E-state index in [1.165, 1.54) is 12.0 Å². The van der Waals surface area contributed by atoms with Crippen LogP contribution in [0.4, 0.5) is 8.78 Å². The fourth-order valence-electron chi connectivity index (χ4n) is 6.14. The Hall–Kier alpha value is -3.68. The Balaban J connectivity index is 1.37. The average molecular weight is 514 g/mol. The number of hydrogen-bond donors (Lipinski definition) is 3. The SMILES string of the molecule is COc1cccc2[nH]c(C(=O)N3CC4(CC3C(=O)NC(C#N)CC3CCCNC3=O)CC(F)(F)C4)cc12. The molecule has 0 radical (unpaired) electrons. The zero-order valence-corrected chi connectivity index (χ0v) is 20.5. The van der Waals surface area contributed by atoms with Gasteiger partial charge < -0.3 is 25.3 Å². The number of methoxy groups -OCH3 is 1. The second-order valence-corrected chi connectivity index (χ2v) is 10.5. The van der Waals surface area contributed by atoms with Crippen LogP contribution in [0.1, 0.15) is 49.0 Å². The molecule has 1 aromatic carbocycles. The van der Waals surface area contributed by atoms with Gasteiger partial charge in [-0.25, -0.2) is 8.78 Å². The minimum atomic E-state index is -2.82. The molecule has 11 heteroatoms. The van der Waals surface area contributed by atoms with Crippen molar-refractivity contribution in [2.24, 2.45) is 11.3 Å². The van der Waals surface area contributed by atoms with Crippen LogP contribution in [0.3, 0.4) is 0 Å². The first-order valence-electron chi connectivity index (χ1n) is 12.5. The lowest BCUT2D eigenvalue weighted by Crippen LogP contribution is -2.50. The van der Waals surface area contributed by atoms with Gasteiger partial charge in [0.15, 0.2) is 0 Å². The standard InChI is InChI=1S/C26H29F2N5O4/c1-37-21-6-2-5-18-17(21)9-19(32-18)24(36)33-14-25(12-26(27,28)13-25)10-20(33)23(35)31-16(11-29)8-15-4-3-7-30-22(15)34/h2,5-6,9,15-16,20,32H,3-4,7-8,10,12-14H2,1H3,(H,30,34)(H,31,35). The minimum Gasteiger partial charge on any atom is -0.496 e. The van der Waals surface area contributed by atoms with Gasteiger partial charge >= 0.3 is 0 Å². The molecule has 0 bridgehead atoms. The highest BCUT2D eigenvalue weighted by molar-refractivity contribution is 6.02. The van der Waals surface area contributed by atoms with Crippen LogP contribution in [0, 0.1) is 22.7 Å². The van der Waals surface area contributed by atoms with Crippen LogP contribution in [0.15, 0.2) is 24.3 Å². The summed E-state index contributed by atoms with van der Waals surface area (Å²) in [6.45, 7) is 0.610. The van der Waals surface area contributed by atoms with Gasteiger partial charge in [0.25, 0.3) is 5.91 Å². The van der Waals surface area contributed by atoms with E-state index in [0.717, 1.165) is 6.42 Å². The summed E-state index contributed by atoms with van der Waals surface area (Å²) in [6, 6.07) is 7.05. The van der Waals surface area contributed by atoms with E-state index >= 15 is 0 Å². The van der Waals surface area contributed by atoms with Gasteiger partial charge in [0.1, 0.15) is 23.5 Å². The van der Waals surface area contributed by atoms with Crippen molar-refractivity contribution in [3.63, 3.8) is 0 Å². The fourth-order valence-corrected chi connectivity index (χ4v) is 6.14. The number of alkyl halides is 2. The van der Waals surface area contributed by atoms with Gasteiger partial charge in [0, 0.05) is 48.2 Å². The van der Waals surface area contributed by atoms with Crippen molar-refractivity contribution in [1.29, 1.82) is 5.26 Å². The van der Waals surface area contributed by atoms with Crippen molar-refractivity contribution in [2.45, 2.75) is 56.5 Å². The van der Waals surface area contributed by atoms with Crippen LogP contribution >= 0.6 is 0 Å². The smallest absolute Gasteiger partial charge is 0.271 e. The largest absolute Gasteiger partial charge is 0.496 e. The molecule has 3 unspecified atom stereocenters. The number of halogens is 2. The summed E-state index contributed by atoms with van der Waals surface area (Å²) < 4.78 is 33.2. The maximum atomic E-state index is 13.9. The minimum absolute atomic E-state index is 0.0221. The molecular formula is C26H29F2N5O4. The number of carbonyl (C=O) groups excluding carboxylic acids is 3. The third kappa shape index (κ3) is 4.72. The number of H-pyrrole nitrogens is 1. The third-order valence-corrected chi connectivity index (χ3v) is 7.81. The summed E-state index contributed by atoms with van der Waals surface area (Å²) in [5, 5.41) is 15.8. The van der Waals surface area contributed by atoms with Gasteiger partial charge in [0.05, 0.1) is 13.2 Å². The number of fused-ring (bicyclic) bond motifs is 1. The number of aromatic nitrogens is 1. The normalized spacial score (nSPS) is 24.7. The Morgan fingerprint density at radius 2 is 2.14 bits per heavy atom. The molecular weight excluding hydrogens is 484 g/mol. The first-order valence-corrected chi connectivity index (χ1v) is 12.5. The van der Waals surface area contributed by atoms with E-state index in [-0.39, 0.29) is 31.0 Å². The number of ether oxygens (including phenoxy) is 1. The molecule has 37 heavy (non-hydrogen) atoms. The lowest BCUT2D eigenvalue weighted by atomic mass is 9.65. The lowest BCUT2D eigenvalue weighted by Gasteiger charge is -2.44. The average Bonchev–Trinajstić information content (AvgIpc) is 3.46. The predicted molar refractivity (Wildman–Crippen MR) is 129 cm³/mol. The summed E-state index contributed by atoms with van der Waals surface area (Å²) in [5.41, 5.74) is 0.0373. The summed E-state index contributed by atoms with van der Waals surface area (Å²) in [5.74, 6) is -3.84. The van der Waals surface area contributed by atoms with Crippen LogP contribution < -0.4 is 15.4 Å². The highest BCUT2D eigenvalue weighted by Gasteiger charge is 2.62. The highest BCUT2D eigenvalue weighted by Crippen LogP contribution is 2.58. The van der Waals surface area contributed by atoms with Crippen molar-refractivity contribution >= 4 is 28.6 Å². The summed E-state index contributed by atoms with van der Waals surface area (Å²) in [6.07, 6.45) is 0.872. The molecule has 1 saturated carbocycles. The molecule has 1 spiro atoms. The maximum absolute atomic E-state index is 13.9. The van der Waals surface area contributed by atoms with E-state index in [1.807, 2.05) is 6.07 Å². The van der Waals surface area contributed by atoms with Crippen LogP contribution in [0.2, 0.25) is 0 Å². The van der Waals surface area contributed by atoms with Gasteiger partial charge in [-0.15, -0.1) is 0 Å². The molecule has 2 aliphatic heterocycles. The first kappa shape index (κ1) is 25.0. The number of benzene rings is 1. The zero-order chi connectivity index (χ0) is 26.4. The van der Waals surface area contributed by atoms with E-state index in [0.29, 0.717) is 29.6 Å². The second-order valence-electron chi connectivity index (χ2n) is 10.5. The molecule has 3 N–H and O–H groups in total. The number of carbonyl (C=O) groups is 3. The molecule has 2 saturated heterocycles. The molecule has 2 aromatic rings. The molecule has 3 aliphatic rings.